The second-order valence-electron chi connectivity index (χ2n) is 7.31. The molecule has 0 aliphatic heterocycles. The van der Waals surface area contributed by atoms with Gasteiger partial charge in [0, 0.05) is 10.9 Å². The predicted molar refractivity (Wildman–Crippen MR) is 136 cm³/mol. The van der Waals surface area contributed by atoms with Crippen LogP contribution in [0.4, 0.5) is 5.13 Å². The fraction of sp³-hybridized carbons (Fsp3) is 0.0833. The topological polar surface area (TPSA) is 85.8 Å². The molecule has 0 saturated carbocycles. The average Bonchev–Trinajstić information content (AvgIpc) is 3.59. The number of nitrogens with one attached hydrogen (secondary N) is 1. The molecule has 1 amide bonds. The first-order chi connectivity index (χ1) is 16.6. The van der Waals surface area contributed by atoms with Crippen molar-refractivity contribution in [1.29, 1.82) is 0 Å². The first-order valence-corrected chi connectivity index (χ1v) is 12.5. The summed E-state index contributed by atoms with van der Waals surface area (Å²) in [5, 5.41) is 15.0. The monoisotopic (exact) mass is 507 g/mol. The molecule has 7 nitrogen and oxygen atoms in total. The van der Waals surface area contributed by atoms with Gasteiger partial charge in [-0.1, -0.05) is 65.3 Å². The summed E-state index contributed by atoms with van der Waals surface area (Å²) in [6.07, 6.45) is 1.57. The Labute approximate surface area is 208 Å². The Bertz CT molecular complexity index is 1430. The lowest BCUT2D eigenvalue weighted by Gasteiger charge is -2.10. The van der Waals surface area contributed by atoms with E-state index in [1.54, 1.807) is 29.0 Å². The summed E-state index contributed by atoms with van der Waals surface area (Å²) >= 11 is 9.09. The fourth-order valence-corrected chi connectivity index (χ4v) is 4.95. The number of amides is 1. The smallest absolute Gasteiger partial charge is 0.236 e. The van der Waals surface area contributed by atoms with E-state index >= 15 is 0 Å². The highest BCUT2D eigenvalue weighted by Crippen LogP contribution is 2.32. The minimum atomic E-state index is -0.192. The summed E-state index contributed by atoms with van der Waals surface area (Å²) in [7, 11) is 0. The van der Waals surface area contributed by atoms with Gasteiger partial charge in [-0.3, -0.25) is 9.36 Å². The maximum Gasteiger partial charge on any atom is 0.236 e. The fourth-order valence-electron chi connectivity index (χ4n) is 3.25. The van der Waals surface area contributed by atoms with Gasteiger partial charge in [-0.2, -0.15) is 0 Å². The zero-order valence-electron chi connectivity index (χ0n) is 17.9. The molecule has 0 unspecified atom stereocenters. The van der Waals surface area contributed by atoms with E-state index in [9.17, 15) is 4.79 Å². The van der Waals surface area contributed by atoms with Crippen LogP contribution < -0.4 is 5.32 Å². The van der Waals surface area contributed by atoms with Gasteiger partial charge >= 0.3 is 0 Å². The van der Waals surface area contributed by atoms with Crippen LogP contribution in [-0.4, -0.2) is 31.4 Å². The molecule has 0 fully saturated rings. The Morgan fingerprint density at radius 1 is 1.12 bits per heavy atom. The molecule has 5 aromatic rings. The second kappa shape index (κ2) is 9.84. The minimum Gasteiger partial charge on any atom is -0.461 e. The first-order valence-electron chi connectivity index (χ1n) is 10.3. The van der Waals surface area contributed by atoms with Crippen molar-refractivity contribution in [2.24, 2.45) is 0 Å². The maximum atomic E-state index is 12.7. The number of anilines is 1. The molecule has 0 saturated heterocycles. The van der Waals surface area contributed by atoms with E-state index in [-0.39, 0.29) is 11.7 Å². The van der Waals surface area contributed by atoms with Crippen molar-refractivity contribution in [2.45, 2.75) is 12.1 Å². The third-order valence-corrected chi connectivity index (χ3v) is 6.90. The number of hydrogen-bond acceptors (Lipinski definition) is 7. The lowest BCUT2D eigenvalue weighted by molar-refractivity contribution is -0.113. The third kappa shape index (κ3) is 4.77. The Kier molecular flexibility index (Phi) is 6.48. The molecule has 2 aromatic carbocycles. The number of carbonyl (C=O) groups is 1. The van der Waals surface area contributed by atoms with Crippen LogP contribution in [-0.2, 0) is 4.79 Å². The quantitative estimate of drug-likeness (QED) is 0.258. The van der Waals surface area contributed by atoms with Gasteiger partial charge in [0.15, 0.2) is 16.0 Å². The number of furan rings is 1. The van der Waals surface area contributed by atoms with Crippen molar-refractivity contribution in [1.82, 2.24) is 19.7 Å². The molecule has 0 aliphatic rings. The molecular formula is C24H18ClN5O2S2. The number of hydrogen-bond donors (Lipinski definition) is 1. The number of thiazole rings is 1. The molecule has 0 atom stereocenters. The SMILES string of the molecule is Cc1ccc(-c2csc(NC(=O)CSc3nnc(-c4ccco4)n3-c3ccccc3Cl)n2)cc1. The summed E-state index contributed by atoms with van der Waals surface area (Å²) in [5.74, 6) is 0.988. The molecule has 34 heavy (non-hydrogen) atoms. The standard InChI is InChI=1S/C24H18ClN5O2S2/c1-15-8-10-16(11-9-15)18-13-33-23(26-18)27-21(31)14-34-24-29-28-22(20-7-4-12-32-20)30(24)19-6-3-2-5-17(19)25/h2-13H,14H2,1H3,(H,26,27,31). The molecule has 0 bridgehead atoms. The van der Waals surface area contributed by atoms with Crippen LogP contribution in [0.5, 0.6) is 0 Å². The predicted octanol–water partition coefficient (Wildman–Crippen LogP) is 6.34. The molecule has 5 rings (SSSR count). The average molecular weight is 508 g/mol. The normalized spacial score (nSPS) is 11.0. The number of para-hydroxylation sites is 1. The van der Waals surface area contributed by atoms with E-state index in [1.165, 1.54) is 28.7 Å². The van der Waals surface area contributed by atoms with Gasteiger partial charge in [0.2, 0.25) is 11.7 Å². The van der Waals surface area contributed by atoms with Crippen LogP contribution in [0.3, 0.4) is 0 Å². The van der Waals surface area contributed by atoms with Gasteiger partial charge in [0.1, 0.15) is 0 Å². The Morgan fingerprint density at radius 3 is 2.71 bits per heavy atom. The Morgan fingerprint density at radius 2 is 1.94 bits per heavy atom. The third-order valence-electron chi connectivity index (χ3n) is 4.90. The second-order valence-corrected chi connectivity index (χ2v) is 9.52. The highest BCUT2D eigenvalue weighted by Gasteiger charge is 2.20. The zero-order valence-corrected chi connectivity index (χ0v) is 20.3. The van der Waals surface area contributed by atoms with E-state index in [1.807, 2.05) is 54.8 Å². The van der Waals surface area contributed by atoms with Gasteiger partial charge in [-0.05, 0) is 31.2 Å². The molecule has 170 valence electrons. The molecule has 3 heterocycles. The highest BCUT2D eigenvalue weighted by atomic mass is 35.5. The lowest BCUT2D eigenvalue weighted by Crippen LogP contribution is -2.14. The number of thioether (sulfide) groups is 1. The van der Waals surface area contributed by atoms with Crippen LogP contribution in [0.15, 0.2) is 81.9 Å². The van der Waals surface area contributed by atoms with Crippen LogP contribution in [0.2, 0.25) is 5.02 Å². The van der Waals surface area contributed by atoms with Gasteiger partial charge in [-0.15, -0.1) is 21.5 Å². The van der Waals surface area contributed by atoms with Gasteiger partial charge in [0.05, 0.1) is 28.4 Å². The van der Waals surface area contributed by atoms with E-state index in [2.05, 4.69) is 20.5 Å². The molecule has 10 heteroatoms. The van der Waals surface area contributed by atoms with Gasteiger partial charge in [0.25, 0.3) is 0 Å². The van der Waals surface area contributed by atoms with Crippen molar-refractivity contribution < 1.29 is 9.21 Å². The number of rotatable bonds is 7. The number of carbonyl (C=O) groups excluding carboxylic acids is 1. The van der Waals surface area contributed by atoms with Gasteiger partial charge in [-0.25, -0.2) is 4.98 Å². The molecular weight excluding hydrogens is 490 g/mol. The van der Waals surface area contributed by atoms with Gasteiger partial charge < -0.3 is 9.73 Å². The molecule has 0 aliphatic carbocycles. The minimum absolute atomic E-state index is 0.125. The number of halogens is 1. The van der Waals surface area contributed by atoms with Crippen molar-refractivity contribution in [3.8, 4) is 28.5 Å². The maximum absolute atomic E-state index is 12.7. The molecule has 0 radical (unpaired) electrons. The molecule has 1 N–H and O–H groups in total. The zero-order chi connectivity index (χ0) is 23.5. The van der Waals surface area contributed by atoms with Crippen molar-refractivity contribution in [3.05, 3.63) is 82.9 Å². The Balaban J connectivity index is 1.32. The van der Waals surface area contributed by atoms with E-state index in [0.29, 0.717) is 32.6 Å². The summed E-state index contributed by atoms with van der Waals surface area (Å²) in [5.41, 5.74) is 3.72. The van der Waals surface area contributed by atoms with Crippen LogP contribution in [0.1, 0.15) is 5.56 Å². The summed E-state index contributed by atoms with van der Waals surface area (Å²) < 4.78 is 7.31. The number of aromatic nitrogens is 4. The number of benzene rings is 2. The molecule has 0 spiro atoms. The van der Waals surface area contributed by atoms with E-state index < -0.39 is 0 Å². The lowest BCUT2D eigenvalue weighted by atomic mass is 10.1. The summed E-state index contributed by atoms with van der Waals surface area (Å²) in [6.45, 7) is 2.04. The van der Waals surface area contributed by atoms with Crippen molar-refractivity contribution >= 4 is 45.7 Å². The van der Waals surface area contributed by atoms with E-state index in [0.717, 1.165) is 11.3 Å². The number of nitrogens with zero attached hydrogens (tertiary/aromatic N) is 4. The largest absolute Gasteiger partial charge is 0.461 e. The highest BCUT2D eigenvalue weighted by molar-refractivity contribution is 7.99. The molecule has 3 aromatic heterocycles. The van der Waals surface area contributed by atoms with E-state index in [4.69, 9.17) is 16.0 Å². The van der Waals surface area contributed by atoms with Crippen molar-refractivity contribution in [3.63, 3.8) is 0 Å². The summed E-state index contributed by atoms with van der Waals surface area (Å²) in [6, 6.07) is 19.1. The van der Waals surface area contributed by atoms with Crippen molar-refractivity contribution in [2.75, 3.05) is 11.1 Å². The van der Waals surface area contributed by atoms with Crippen LogP contribution in [0, 0.1) is 6.92 Å². The number of aryl methyl sites for hydroxylation is 1. The first kappa shape index (κ1) is 22.4. The van der Waals surface area contributed by atoms with Crippen LogP contribution in [0.25, 0.3) is 28.5 Å². The summed E-state index contributed by atoms with van der Waals surface area (Å²) in [4.78, 5) is 17.2. The van der Waals surface area contributed by atoms with Crippen LogP contribution >= 0.6 is 34.7 Å². The Hall–Kier alpha value is -3.40.